The van der Waals surface area contributed by atoms with Crippen molar-refractivity contribution in [3.63, 3.8) is 0 Å². The maximum absolute atomic E-state index is 11.9. The minimum absolute atomic E-state index is 0.0428. The zero-order valence-corrected chi connectivity index (χ0v) is 14.0. The van der Waals surface area contributed by atoms with Crippen LogP contribution >= 0.6 is 0 Å². The van der Waals surface area contributed by atoms with Crippen molar-refractivity contribution in [2.75, 3.05) is 12.3 Å². The first kappa shape index (κ1) is 18.9. The van der Waals surface area contributed by atoms with Crippen molar-refractivity contribution in [3.05, 3.63) is 0 Å². The molecule has 0 aromatic rings. The highest BCUT2D eigenvalue weighted by Crippen LogP contribution is 2.07. The van der Waals surface area contributed by atoms with Gasteiger partial charge in [0, 0.05) is 12.1 Å². The fourth-order valence-corrected chi connectivity index (χ4v) is 3.25. The summed E-state index contributed by atoms with van der Waals surface area (Å²) < 4.78 is 26.5. The number of rotatable bonds is 11. The van der Waals surface area contributed by atoms with Crippen molar-refractivity contribution in [1.82, 2.24) is 10.0 Å². The van der Waals surface area contributed by atoms with Crippen LogP contribution in [0.15, 0.2) is 0 Å². The van der Waals surface area contributed by atoms with E-state index in [9.17, 15) is 8.42 Å². The summed E-state index contributed by atoms with van der Waals surface area (Å²) in [7, 11) is -3.11. The van der Waals surface area contributed by atoms with Crippen LogP contribution in [-0.4, -0.2) is 32.8 Å². The van der Waals surface area contributed by atoms with Gasteiger partial charge in [-0.1, -0.05) is 27.7 Å². The average molecular weight is 292 g/mol. The molecule has 0 heterocycles. The lowest BCUT2D eigenvalue weighted by Crippen LogP contribution is -2.34. The molecule has 1 unspecified atom stereocenters. The van der Waals surface area contributed by atoms with E-state index < -0.39 is 10.0 Å². The van der Waals surface area contributed by atoms with E-state index in [1.54, 1.807) is 0 Å². The number of nitrogens with one attached hydrogen (secondary N) is 2. The first-order valence-electron chi connectivity index (χ1n) is 7.46. The van der Waals surface area contributed by atoms with Crippen molar-refractivity contribution in [2.24, 2.45) is 5.92 Å². The Morgan fingerprint density at radius 3 is 2.11 bits per heavy atom. The summed E-state index contributed by atoms with van der Waals surface area (Å²) in [5.41, 5.74) is 0. The molecule has 0 aromatic carbocycles. The quantitative estimate of drug-likeness (QED) is 0.575. The van der Waals surface area contributed by atoms with Gasteiger partial charge in [0.25, 0.3) is 0 Å². The van der Waals surface area contributed by atoms with Crippen molar-refractivity contribution in [1.29, 1.82) is 0 Å². The van der Waals surface area contributed by atoms with E-state index in [2.05, 4.69) is 37.7 Å². The molecule has 0 aromatic heterocycles. The third-order valence-electron chi connectivity index (χ3n) is 2.95. The van der Waals surface area contributed by atoms with E-state index in [0.717, 1.165) is 25.8 Å². The predicted octanol–water partition coefficient (Wildman–Crippen LogP) is 2.51. The molecular formula is C14H32N2O2S. The molecule has 0 spiro atoms. The molecule has 0 bridgehead atoms. The summed E-state index contributed by atoms with van der Waals surface area (Å²) in [5.74, 6) is 0.854. The highest BCUT2D eigenvalue weighted by molar-refractivity contribution is 7.89. The Bertz CT molecular complexity index is 313. The Morgan fingerprint density at radius 2 is 1.58 bits per heavy atom. The second-order valence-electron chi connectivity index (χ2n) is 6.12. The lowest BCUT2D eigenvalue weighted by Gasteiger charge is -2.15. The van der Waals surface area contributed by atoms with E-state index in [1.807, 2.05) is 6.92 Å². The predicted molar refractivity (Wildman–Crippen MR) is 82.8 cm³/mol. The summed E-state index contributed by atoms with van der Waals surface area (Å²) in [6.07, 6.45) is 3.58. The van der Waals surface area contributed by atoms with Crippen LogP contribution in [0.1, 0.15) is 60.3 Å². The third kappa shape index (κ3) is 12.6. The Kier molecular flexibility index (Phi) is 9.66. The van der Waals surface area contributed by atoms with Crippen LogP contribution in [-0.2, 0) is 10.0 Å². The standard InChI is InChI=1S/C14H32N2O2S/c1-12(2)8-9-14(5)16-19(17,18)11-7-6-10-15-13(3)4/h12-16H,6-11H2,1-5H3. The summed E-state index contributed by atoms with van der Waals surface area (Å²) >= 11 is 0. The second-order valence-corrected chi connectivity index (χ2v) is 8.00. The molecule has 0 aliphatic rings. The van der Waals surface area contributed by atoms with Gasteiger partial charge in [-0.05, 0) is 45.1 Å². The van der Waals surface area contributed by atoms with Crippen LogP contribution in [0.5, 0.6) is 0 Å². The van der Waals surface area contributed by atoms with Gasteiger partial charge in [-0.15, -0.1) is 0 Å². The minimum atomic E-state index is -3.11. The van der Waals surface area contributed by atoms with Crippen LogP contribution in [0.2, 0.25) is 0 Å². The fraction of sp³-hybridized carbons (Fsp3) is 1.00. The second kappa shape index (κ2) is 9.72. The number of sulfonamides is 1. The Balaban J connectivity index is 3.79. The summed E-state index contributed by atoms with van der Waals surface area (Å²) in [6.45, 7) is 11.3. The summed E-state index contributed by atoms with van der Waals surface area (Å²) in [6, 6.07) is 0.506. The molecule has 0 aliphatic heterocycles. The van der Waals surface area contributed by atoms with E-state index >= 15 is 0 Å². The monoisotopic (exact) mass is 292 g/mol. The van der Waals surface area contributed by atoms with Crippen molar-refractivity contribution >= 4 is 10.0 Å². The number of hydrogen-bond acceptors (Lipinski definition) is 3. The molecular weight excluding hydrogens is 260 g/mol. The fourth-order valence-electron chi connectivity index (χ4n) is 1.82. The first-order valence-corrected chi connectivity index (χ1v) is 9.11. The maximum atomic E-state index is 11.9. The van der Waals surface area contributed by atoms with Gasteiger partial charge in [0.15, 0.2) is 0 Å². The van der Waals surface area contributed by atoms with Crippen molar-refractivity contribution < 1.29 is 8.42 Å². The van der Waals surface area contributed by atoms with Crippen molar-refractivity contribution in [3.8, 4) is 0 Å². The van der Waals surface area contributed by atoms with Crippen LogP contribution in [0, 0.1) is 5.92 Å². The summed E-state index contributed by atoms with van der Waals surface area (Å²) in [5, 5.41) is 3.29. The molecule has 0 amide bonds. The van der Waals surface area contributed by atoms with Crippen molar-refractivity contribution in [2.45, 2.75) is 72.4 Å². The zero-order chi connectivity index (χ0) is 14.9. The summed E-state index contributed by atoms with van der Waals surface area (Å²) in [4.78, 5) is 0. The number of hydrogen-bond donors (Lipinski definition) is 2. The molecule has 116 valence electrons. The lowest BCUT2D eigenvalue weighted by atomic mass is 10.1. The maximum Gasteiger partial charge on any atom is 0.211 e. The van der Waals surface area contributed by atoms with Gasteiger partial charge in [0.2, 0.25) is 10.0 Å². The van der Waals surface area contributed by atoms with Gasteiger partial charge in [-0.2, -0.15) is 0 Å². The average Bonchev–Trinajstić information content (AvgIpc) is 2.24. The first-order chi connectivity index (χ1) is 8.73. The molecule has 0 fully saturated rings. The largest absolute Gasteiger partial charge is 0.315 e. The molecule has 2 N–H and O–H groups in total. The Labute approximate surface area is 119 Å². The van der Waals surface area contributed by atoms with Crippen LogP contribution in [0.25, 0.3) is 0 Å². The van der Waals surface area contributed by atoms with E-state index in [4.69, 9.17) is 0 Å². The lowest BCUT2D eigenvalue weighted by molar-refractivity contribution is 0.484. The molecule has 0 radical (unpaired) electrons. The van der Waals surface area contributed by atoms with Gasteiger partial charge in [0.1, 0.15) is 0 Å². The molecule has 5 heteroatoms. The van der Waals surface area contributed by atoms with Gasteiger partial charge >= 0.3 is 0 Å². The molecule has 4 nitrogen and oxygen atoms in total. The van der Waals surface area contributed by atoms with E-state index in [-0.39, 0.29) is 11.8 Å². The molecule has 0 aliphatic carbocycles. The van der Waals surface area contributed by atoms with Crippen LogP contribution in [0.3, 0.4) is 0 Å². The molecule has 1 atom stereocenters. The van der Waals surface area contributed by atoms with E-state index in [1.165, 1.54) is 0 Å². The molecule has 0 rings (SSSR count). The molecule has 0 saturated carbocycles. The van der Waals surface area contributed by atoms with Gasteiger partial charge < -0.3 is 5.32 Å². The van der Waals surface area contributed by atoms with Gasteiger partial charge in [-0.3, -0.25) is 0 Å². The van der Waals surface area contributed by atoms with Crippen LogP contribution < -0.4 is 10.0 Å². The zero-order valence-electron chi connectivity index (χ0n) is 13.2. The van der Waals surface area contributed by atoms with E-state index in [0.29, 0.717) is 18.4 Å². The minimum Gasteiger partial charge on any atom is -0.315 e. The highest BCUT2D eigenvalue weighted by atomic mass is 32.2. The Morgan fingerprint density at radius 1 is 0.947 bits per heavy atom. The highest BCUT2D eigenvalue weighted by Gasteiger charge is 2.14. The van der Waals surface area contributed by atoms with Gasteiger partial charge in [-0.25, -0.2) is 13.1 Å². The third-order valence-corrected chi connectivity index (χ3v) is 4.54. The van der Waals surface area contributed by atoms with Gasteiger partial charge in [0.05, 0.1) is 5.75 Å². The molecule has 19 heavy (non-hydrogen) atoms. The van der Waals surface area contributed by atoms with Crippen LogP contribution in [0.4, 0.5) is 0 Å². The Hall–Kier alpha value is -0.130. The normalized spacial score (nSPS) is 14.3. The topological polar surface area (TPSA) is 58.2 Å². The number of unbranched alkanes of at least 4 members (excludes halogenated alkanes) is 1. The SMILES string of the molecule is CC(C)CCC(C)NS(=O)(=O)CCCCNC(C)C. The smallest absolute Gasteiger partial charge is 0.211 e. The molecule has 0 saturated heterocycles.